The zero-order valence-corrected chi connectivity index (χ0v) is 19.0. The Morgan fingerprint density at radius 3 is 2.86 bits per heavy atom. The highest BCUT2D eigenvalue weighted by Gasteiger charge is 2.30. The first-order valence-electron chi connectivity index (χ1n) is 10.2. The summed E-state index contributed by atoms with van der Waals surface area (Å²) in [7, 11) is 3.98. The van der Waals surface area contributed by atoms with Gasteiger partial charge in [-0.05, 0) is 43.2 Å². The number of benzene rings is 1. The maximum atomic E-state index is 6.37. The molecule has 1 aliphatic carbocycles. The monoisotopic (exact) mass is 415 g/mol. The number of nitrogens with one attached hydrogen (secondary N) is 2. The molecule has 2 N–H and O–H groups in total. The Bertz CT molecular complexity index is 802. The third kappa shape index (κ3) is 6.00. The summed E-state index contributed by atoms with van der Waals surface area (Å²) < 4.78 is 9.73. The van der Waals surface area contributed by atoms with E-state index < -0.39 is 0 Å². The Morgan fingerprint density at radius 1 is 1.38 bits per heavy atom. The molecular weight excluding hydrogens is 382 g/mol. The standard InChI is InChI=1S/C22H33N5OS/c1-16-8-6-7-9-20(16)28-21(18-12-22(2,3)11-10-19(18)23-4)24-15-26-29-17-13-25-27(5)14-17/h6-9,13,17,23,26H,10-12,14-15H2,1-5H3/b24-21+. The van der Waals surface area contributed by atoms with E-state index in [-0.39, 0.29) is 5.41 Å². The van der Waals surface area contributed by atoms with Gasteiger partial charge in [-0.25, -0.2) is 9.71 Å². The maximum absolute atomic E-state index is 6.37. The minimum absolute atomic E-state index is 0.235. The molecule has 6 nitrogen and oxygen atoms in total. The minimum Gasteiger partial charge on any atom is -0.439 e. The maximum Gasteiger partial charge on any atom is 0.220 e. The summed E-state index contributed by atoms with van der Waals surface area (Å²) in [6.45, 7) is 8.09. The summed E-state index contributed by atoms with van der Waals surface area (Å²) in [5.74, 6) is 1.57. The van der Waals surface area contributed by atoms with E-state index in [0.29, 0.717) is 17.8 Å². The molecule has 0 aromatic heterocycles. The topological polar surface area (TPSA) is 61.2 Å². The lowest BCUT2D eigenvalue weighted by atomic mass is 9.76. The predicted molar refractivity (Wildman–Crippen MR) is 123 cm³/mol. The van der Waals surface area contributed by atoms with E-state index in [0.717, 1.165) is 37.1 Å². The number of rotatable bonds is 7. The fourth-order valence-electron chi connectivity index (χ4n) is 3.59. The number of aryl methyl sites for hydroxylation is 1. The van der Waals surface area contributed by atoms with E-state index in [2.05, 4.69) is 42.0 Å². The number of para-hydroxylation sites is 1. The van der Waals surface area contributed by atoms with Crippen LogP contribution in [-0.4, -0.2) is 49.7 Å². The van der Waals surface area contributed by atoms with E-state index in [9.17, 15) is 0 Å². The predicted octanol–water partition coefficient (Wildman–Crippen LogP) is 3.95. The van der Waals surface area contributed by atoms with Gasteiger partial charge in [0.1, 0.15) is 12.4 Å². The second-order valence-electron chi connectivity index (χ2n) is 8.44. The molecule has 29 heavy (non-hydrogen) atoms. The van der Waals surface area contributed by atoms with Gasteiger partial charge >= 0.3 is 0 Å². The van der Waals surface area contributed by atoms with Crippen LogP contribution in [0.3, 0.4) is 0 Å². The molecule has 7 heteroatoms. The molecule has 1 aromatic rings. The average molecular weight is 416 g/mol. The molecule has 0 saturated heterocycles. The van der Waals surface area contributed by atoms with Crippen LogP contribution in [0.15, 0.2) is 45.6 Å². The average Bonchev–Trinajstić information content (AvgIpc) is 3.10. The Morgan fingerprint density at radius 2 is 2.17 bits per heavy atom. The van der Waals surface area contributed by atoms with Crippen molar-refractivity contribution in [3.63, 3.8) is 0 Å². The van der Waals surface area contributed by atoms with Crippen molar-refractivity contribution in [2.75, 3.05) is 27.3 Å². The number of hydrogen-bond donors (Lipinski definition) is 2. The zero-order valence-electron chi connectivity index (χ0n) is 18.2. The van der Waals surface area contributed by atoms with Crippen LogP contribution in [0.25, 0.3) is 0 Å². The first-order chi connectivity index (χ1) is 13.9. The van der Waals surface area contributed by atoms with Crippen molar-refractivity contribution in [1.82, 2.24) is 15.0 Å². The summed E-state index contributed by atoms with van der Waals surface area (Å²) in [5, 5.41) is 9.95. The Kier molecular flexibility index (Phi) is 7.24. The Balaban J connectivity index is 1.78. The third-order valence-electron chi connectivity index (χ3n) is 5.33. The van der Waals surface area contributed by atoms with Crippen LogP contribution in [0.4, 0.5) is 0 Å². The molecular formula is C22H33N5OS. The van der Waals surface area contributed by atoms with Gasteiger partial charge in [-0.2, -0.15) is 5.10 Å². The first-order valence-corrected chi connectivity index (χ1v) is 11.1. The van der Waals surface area contributed by atoms with Crippen LogP contribution in [0.1, 0.15) is 38.7 Å². The second kappa shape index (κ2) is 9.67. The molecule has 1 heterocycles. The van der Waals surface area contributed by atoms with Crippen molar-refractivity contribution in [3.05, 3.63) is 41.1 Å². The molecule has 1 aromatic carbocycles. The Hall–Kier alpha value is -1.99. The van der Waals surface area contributed by atoms with E-state index in [4.69, 9.17) is 9.73 Å². The highest BCUT2D eigenvalue weighted by Crippen LogP contribution is 2.38. The number of aliphatic imine (C=N–C) groups is 1. The lowest BCUT2D eigenvalue weighted by Crippen LogP contribution is -2.29. The molecule has 0 amide bonds. The molecule has 158 valence electrons. The number of allylic oxidation sites excluding steroid dienone is 1. The molecule has 0 fully saturated rings. The van der Waals surface area contributed by atoms with Gasteiger partial charge in [0.2, 0.25) is 5.90 Å². The van der Waals surface area contributed by atoms with E-state index in [1.54, 1.807) is 11.9 Å². The quantitative estimate of drug-likeness (QED) is 0.306. The summed E-state index contributed by atoms with van der Waals surface area (Å²) >= 11 is 1.66. The molecule has 1 unspecified atom stereocenters. The lowest BCUT2D eigenvalue weighted by molar-refractivity contribution is 0.311. The largest absolute Gasteiger partial charge is 0.439 e. The van der Waals surface area contributed by atoms with E-state index >= 15 is 0 Å². The molecule has 1 aliphatic heterocycles. The molecule has 0 bridgehead atoms. The highest BCUT2D eigenvalue weighted by atomic mass is 32.2. The molecule has 0 saturated carbocycles. The summed E-state index contributed by atoms with van der Waals surface area (Å²) in [6.07, 6.45) is 5.09. The van der Waals surface area contributed by atoms with Crippen LogP contribution in [0.5, 0.6) is 5.75 Å². The highest BCUT2D eigenvalue weighted by molar-refractivity contribution is 7.98. The van der Waals surface area contributed by atoms with E-state index in [1.165, 1.54) is 11.3 Å². The molecule has 0 spiro atoms. The van der Waals surface area contributed by atoms with E-state index in [1.807, 2.05) is 43.5 Å². The number of hydrogen-bond acceptors (Lipinski definition) is 7. The van der Waals surface area contributed by atoms with Crippen molar-refractivity contribution in [1.29, 1.82) is 0 Å². The zero-order chi connectivity index (χ0) is 20.9. The molecule has 3 rings (SSSR count). The minimum atomic E-state index is 0.235. The van der Waals surface area contributed by atoms with Gasteiger partial charge in [0.15, 0.2) is 0 Å². The normalized spacial score (nSPS) is 21.6. The summed E-state index contributed by atoms with van der Waals surface area (Å²) in [5.41, 5.74) is 3.75. The second-order valence-corrected chi connectivity index (χ2v) is 9.57. The molecule has 2 aliphatic rings. The summed E-state index contributed by atoms with van der Waals surface area (Å²) in [4.78, 5) is 4.83. The van der Waals surface area contributed by atoms with Gasteiger partial charge in [-0.1, -0.05) is 44.0 Å². The van der Waals surface area contributed by atoms with Gasteiger partial charge in [0.25, 0.3) is 0 Å². The van der Waals surface area contributed by atoms with Crippen molar-refractivity contribution in [3.8, 4) is 5.75 Å². The Labute approximate surface area is 179 Å². The van der Waals surface area contributed by atoms with Crippen molar-refractivity contribution in [2.24, 2.45) is 15.5 Å². The van der Waals surface area contributed by atoms with Gasteiger partial charge in [0, 0.05) is 31.6 Å². The van der Waals surface area contributed by atoms with Crippen LogP contribution in [0, 0.1) is 12.3 Å². The van der Waals surface area contributed by atoms with Crippen molar-refractivity contribution < 1.29 is 4.74 Å². The number of nitrogens with zero attached hydrogens (tertiary/aromatic N) is 3. The summed E-state index contributed by atoms with van der Waals surface area (Å²) in [6, 6.07) is 8.10. The third-order valence-corrected chi connectivity index (χ3v) is 6.20. The van der Waals surface area contributed by atoms with Crippen LogP contribution < -0.4 is 14.8 Å². The van der Waals surface area contributed by atoms with Crippen molar-refractivity contribution >= 4 is 24.1 Å². The first kappa shape index (κ1) is 21.7. The van der Waals surface area contributed by atoms with Crippen LogP contribution in [0.2, 0.25) is 0 Å². The smallest absolute Gasteiger partial charge is 0.220 e. The van der Waals surface area contributed by atoms with Gasteiger partial charge in [-0.3, -0.25) is 5.01 Å². The number of hydrazone groups is 1. The van der Waals surface area contributed by atoms with Gasteiger partial charge in [-0.15, -0.1) is 0 Å². The lowest BCUT2D eigenvalue weighted by Gasteiger charge is -2.33. The van der Waals surface area contributed by atoms with Crippen LogP contribution in [-0.2, 0) is 0 Å². The molecule has 1 atom stereocenters. The van der Waals surface area contributed by atoms with Gasteiger partial charge in [0.05, 0.1) is 11.8 Å². The van der Waals surface area contributed by atoms with Crippen LogP contribution >= 0.6 is 11.9 Å². The van der Waals surface area contributed by atoms with Gasteiger partial charge < -0.3 is 10.1 Å². The number of ether oxygens (including phenoxy) is 1. The molecule has 0 radical (unpaired) electrons. The fourth-order valence-corrected chi connectivity index (χ4v) is 4.35. The fraction of sp³-hybridized carbons (Fsp3) is 0.545. The van der Waals surface area contributed by atoms with Crippen molar-refractivity contribution in [2.45, 2.75) is 45.3 Å². The SMILES string of the molecule is CNC1=C(/C(=N\CNSC2C=NN(C)C2)Oc2ccccc2C)CC(C)(C)CC1.